The quantitative estimate of drug-likeness (QED) is 0.436. The van der Waals surface area contributed by atoms with E-state index in [2.05, 4.69) is 36.9 Å². The topological polar surface area (TPSA) is 36.7 Å². The van der Waals surface area contributed by atoms with Crippen molar-refractivity contribution in [1.82, 2.24) is 9.80 Å². The number of carbonyl (C=O) groups excluding carboxylic acids is 1. The van der Waals surface area contributed by atoms with E-state index in [1.54, 1.807) is 22.9 Å². The summed E-state index contributed by atoms with van der Waals surface area (Å²) in [6.07, 6.45) is 7.68. The number of likely N-dealkylation sites (tertiary alicyclic amines) is 1. The molecular formula is C27H35ClN2O2S. The van der Waals surface area contributed by atoms with E-state index in [1.165, 1.54) is 34.2 Å². The first-order valence-electron chi connectivity index (χ1n) is 12.1. The van der Waals surface area contributed by atoms with Crippen LogP contribution in [-0.4, -0.2) is 41.9 Å². The van der Waals surface area contributed by atoms with Gasteiger partial charge in [-0.05, 0) is 80.8 Å². The Hall–Kier alpha value is -1.82. The third-order valence-electron chi connectivity index (χ3n) is 7.49. The third-order valence-corrected chi connectivity index (χ3v) is 8.81. The summed E-state index contributed by atoms with van der Waals surface area (Å²) in [5.74, 6) is 0.806. The summed E-state index contributed by atoms with van der Waals surface area (Å²) < 4.78 is 5.87. The van der Waals surface area contributed by atoms with Crippen molar-refractivity contribution in [2.45, 2.75) is 65.3 Å². The van der Waals surface area contributed by atoms with Gasteiger partial charge >= 0.3 is 0 Å². The first kappa shape index (κ1) is 24.3. The average Bonchev–Trinajstić information content (AvgIpc) is 3.37. The largest absolute Gasteiger partial charge is 0.464 e. The number of nitrogens with zero attached hydrogens (tertiary/aromatic N) is 2. The third kappa shape index (κ3) is 4.87. The van der Waals surface area contributed by atoms with Crippen LogP contribution >= 0.6 is 23.7 Å². The van der Waals surface area contributed by atoms with Gasteiger partial charge in [0.2, 0.25) is 5.91 Å². The van der Waals surface area contributed by atoms with Crippen molar-refractivity contribution in [3.63, 3.8) is 0 Å². The zero-order valence-electron chi connectivity index (χ0n) is 20.0. The van der Waals surface area contributed by atoms with Crippen LogP contribution in [0.25, 0.3) is 11.0 Å². The zero-order chi connectivity index (χ0) is 22.2. The number of halogens is 1. The van der Waals surface area contributed by atoms with Crippen molar-refractivity contribution in [1.29, 1.82) is 0 Å². The molecule has 1 fully saturated rings. The van der Waals surface area contributed by atoms with Gasteiger partial charge in [-0.2, -0.15) is 0 Å². The molecule has 5 rings (SSSR count). The van der Waals surface area contributed by atoms with Crippen LogP contribution in [0, 0.1) is 6.92 Å². The molecule has 178 valence electrons. The molecule has 0 spiro atoms. The van der Waals surface area contributed by atoms with Gasteiger partial charge < -0.3 is 14.2 Å². The molecule has 1 saturated heterocycles. The van der Waals surface area contributed by atoms with E-state index in [9.17, 15) is 4.79 Å². The number of rotatable bonds is 5. The van der Waals surface area contributed by atoms with E-state index in [4.69, 9.17) is 4.42 Å². The van der Waals surface area contributed by atoms with Gasteiger partial charge in [-0.15, -0.1) is 23.7 Å². The zero-order valence-corrected chi connectivity index (χ0v) is 21.6. The summed E-state index contributed by atoms with van der Waals surface area (Å²) in [6, 6.07) is 6.57. The highest BCUT2D eigenvalue weighted by Crippen LogP contribution is 2.36. The normalized spacial score (nSPS) is 17.2. The van der Waals surface area contributed by atoms with Crippen molar-refractivity contribution in [3.05, 3.63) is 56.5 Å². The molecular weight excluding hydrogens is 452 g/mol. The maximum atomic E-state index is 11.8. The van der Waals surface area contributed by atoms with Crippen LogP contribution in [-0.2, 0) is 30.6 Å². The number of furan rings is 1. The summed E-state index contributed by atoms with van der Waals surface area (Å²) in [7, 11) is 0. The number of carbonyl (C=O) groups is 1. The molecule has 0 atom stereocenters. The second kappa shape index (κ2) is 10.2. The predicted octanol–water partition coefficient (Wildman–Crippen LogP) is 6.11. The molecule has 4 nitrogen and oxygen atoms in total. The second-order valence-electron chi connectivity index (χ2n) is 9.51. The monoisotopic (exact) mass is 486 g/mol. The minimum absolute atomic E-state index is 0. The van der Waals surface area contributed by atoms with Crippen molar-refractivity contribution in [3.8, 4) is 0 Å². The van der Waals surface area contributed by atoms with Crippen molar-refractivity contribution in [2.75, 3.05) is 26.2 Å². The molecule has 0 unspecified atom stereocenters. The van der Waals surface area contributed by atoms with Crippen LogP contribution in [0.5, 0.6) is 0 Å². The number of fused-ring (bicyclic) bond motifs is 2. The Bertz CT molecular complexity index is 1130. The lowest BCUT2D eigenvalue weighted by atomic mass is 9.89. The first-order valence-corrected chi connectivity index (χ1v) is 12.9. The van der Waals surface area contributed by atoms with Gasteiger partial charge in [-0.1, -0.05) is 19.1 Å². The summed E-state index contributed by atoms with van der Waals surface area (Å²) in [4.78, 5) is 19.4. The highest BCUT2D eigenvalue weighted by Gasteiger charge is 2.26. The molecule has 1 amide bonds. The van der Waals surface area contributed by atoms with Gasteiger partial charge in [0.25, 0.3) is 0 Å². The maximum absolute atomic E-state index is 11.8. The standard InChI is InChI=1S/C27H34N2O2S.ClH/c1-4-21-23-9-14-29(19(3)30)16-27(23)32-26(21)10-13-28-11-7-20(8-12-28)24-17-31-25-15-18(2)5-6-22(24)25;/h5-6,15,17,20H,4,7-14,16H2,1-3H3;1H. The van der Waals surface area contributed by atoms with Gasteiger partial charge in [-0.25, -0.2) is 0 Å². The fourth-order valence-corrected chi connectivity index (χ4v) is 7.06. The van der Waals surface area contributed by atoms with Crippen molar-refractivity contribution >= 4 is 40.6 Å². The van der Waals surface area contributed by atoms with Crippen LogP contribution in [0.1, 0.15) is 64.6 Å². The summed E-state index contributed by atoms with van der Waals surface area (Å²) >= 11 is 1.96. The molecule has 0 saturated carbocycles. The number of aryl methyl sites for hydroxylation is 1. The van der Waals surface area contributed by atoms with Crippen LogP contribution in [0.3, 0.4) is 0 Å². The maximum Gasteiger partial charge on any atom is 0.219 e. The van der Waals surface area contributed by atoms with Gasteiger partial charge in [0.15, 0.2) is 0 Å². The molecule has 33 heavy (non-hydrogen) atoms. The highest BCUT2D eigenvalue weighted by molar-refractivity contribution is 7.12. The lowest BCUT2D eigenvalue weighted by molar-refractivity contribution is -0.129. The molecule has 2 aromatic heterocycles. The number of piperidine rings is 1. The number of benzene rings is 1. The Kier molecular flexibility index (Phi) is 7.52. The van der Waals surface area contributed by atoms with E-state index in [0.717, 1.165) is 57.6 Å². The molecule has 6 heteroatoms. The van der Waals surface area contributed by atoms with E-state index in [-0.39, 0.29) is 18.3 Å². The Labute approximate surface area is 207 Å². The molecule has 3 aromatic rings. The smallest absolute Gasteiger partial charge is 0.219 e. The molecule has 0 radical (unpaired) electrons. The number of amides is 1. The summed E-state index contributed by atoms with van der Waals surface area (Å²) in [5, 5.41) is 1.30. The lowest BCUT2D eigenvalue weighted by Gasteiger charge is -2.31. The Morgan fingerprint density at radius 2 is 2.00 bits per heavy atom. The van der Waals surface area contributed by atoms with E-state index >= 15 is 0 Å². The van der Waals surface area contributed by atoms with E-state index < -0.39 is 0 Å². The Balaban J connectivity index is 0.00000259. The Morgan fingerprint density at radius 3 is 2.73 bits per heavy atom. The lowest BCUT2D eigenvalue weighted by Crippen LogP contribution is -2.34. The van der Waals surface area contributed by atoms with E-state index in [0.29, 0.717) is 5.92 Å². The minimum Gasteiger partial charge on any atom is -0.464 e. The van der Waals surface area contributed by atoms with Crippen LogP contribution in [0.2, 0.25) is 0 Å². The molecule has 0 aliphatic carbocycles. The average molecular weight is 487 g/mol. The fourth-order valence-electron chi connectivity index (χ4n) is 5.61. The van der Waals surface area contributed by atoms with Crippen LogP contribution in [0.4, 0.5) is 0 Å². The molecule has 2 aliphatic heterocycles. The van der Waals surface area contributed by atoms with Crippen LogP contribution < -0.4 is 0 Å². The number of hydrogen-bond donors (Lipinski definition) is 0. The van der Waals surface area contributed by atoms with Gasteiger partial charge in [0, 0.05) is 40.7 Å². The fraction of sp³-hybridized carbons (Fsp3) is 0.519. The Morgan fingerprint density at radius 1 is 1.21 bits per heavy atom. The van der Waals surface area contributed by atoms with E-state index in [1.807, 2.05) is 22.5 Å². The minimum atomic E-state index is 0. The molecule has 1 aromatic carbocycles. The van der Waals surface area contributed by atoms with Gasteiger partial charge in [0.1, 0.15) is 5.58 Å². The molecule has 0 bridgehead atoms. The SMILES string of the molecule is CCc1c(CCN2CCC(c3coc4cc(C)ccc34)CC2)sc2c1CCN(C(C)=O)C2.Cl. The highest BCUT2D eigenvalue weighted by atomic mass is 35.5. The van der Waals surface area contributed by atoms with Gasteiger partial charge in [0.05, 0.1) is 12.8 Å². The predicted molar refractivity (Wildman–Crippen MR) is 139 cm³/mol. The van der Waals surface area contributed by atoms with Crippen LogP contribution in [0.15, 0.2) is 28.9 Å². The second-order valence-corrected chi connectivity index (χ2v) is 10.7. The summed E-state index contributed by atoms with van der Waals surface area (Å²) in [5.41, 5.74) is 6.80. The first-order chi connectivity index (χ1) is 15.5. The number of hydrogen-bond acceptors (Lipinski definition) is 4. The van der Waals surface area contributed by atoms with Gasteiger partial charge in [-0.3, -0.25) is 4.79 Å². The van der Waals surface area contributed by atoms with Crippen molar-refractivity contribution < 1.29 is 9.21 Å². The molecule has 0 N–H and O–H groups in total. The molecule has 4 heterocycles. The number of thiophene rings is 1. The molecule has 2 aliphatic rings. The summed E-state index contributed by atoms with van der Waals surface area (Å²) in [6.45, 7) is 11.2. The van der Waals surface area contributed by atoms with Crippen molar-refractivity contribution in [2.24, 2.45) is 0 Å².